The molecule has 2 amide bonds. The van der Waals surface area contributed by atoms with Crippen molar-refractivity contribution in [1.82, 2.24) is 4.90 Å². The molecule has 1 aromatic carbocycles. The minimum absolute atomic E-state index is 0.0962. The van der Waals surface area contributed by atoms with Crippen LogP contribution in [0.4, 0.5) is 10.5 Å². The predicted octanol–water partition coefficient (Wildman–Crippen LogP) is 3.69. The first-order valence-corrected chi connectivity index (χ1v) is 7.47. The first-order valence-electron chi connectivity index (χ1n) is 7.10. The quantitative estimate of drug-likeness (QED) is 0.842. The smallest absolute Gasteiger partial charge is 0.335 e. The molecule has 1 saturated carbocycles. The molecule has 0 unspecified atom stereocenters. The van der Waals surface area contributed by atoms with Gasteiger partial charge in [-0.3, -0.25) is 0 Å². The van der Waals surface area contributed by atoms with Crippen LogP contribution < -0.4 is 5.32 Å². The summed E-state index contributed by atoms with van der Waals surface area (Å²) in [5.74, 6) is -0.450. The lowest BCUT2D eigenvalue weighted by atomic mass is 10.2. The van der Waals surface area contributed by atoms with Crippen molar-refractivity contribution < 1.29 is 14.7 Å². The van der Waals surface area contributed by atoms with Crippen LogP contribution in [0.5, 0.6) is 0 Å². The first kappa shape index (κ1) is 15.6. The van der Waals surface area contributed by atoms with Crippen LogP contribution in [-0.2, 0) is 0 Å². The maximum absolute atomic E-state index is 12.3. The maximum atomic E-state index is 12.3. The van der Waals surface area contributed by atoms with Gasteiger partial charge in [0.15, 0.2) is 0 Å². The number of halogens is 1. The van der Waals surface area contributed by atoms with Gasteiger partial charge in [-0.15, -0.1) is 0 Å². The zero-order valence-electron chi connectivity index (χ0n) is 11.9. The molecular weight excluding hydrogens is 292 g/mol. The standard InChI is InChI=1S/C15H19ClN2O3/c1-2-7-18(9-10-3-4-10)15(21)17-13-8-11(14(19)20)5-6-12(13)16/h5-6,8,10H,2-4,7,9H2,1H3,(H,17,21)(H,19,20). The van der Waals surface area contributed by atoms with E-state index in [1.54, 1.807) is 4.90 Å². The Morgan fingerprint density at radius 2 is 2.14 bits per heavy atom. The van der Waals surface area contributed by atoms with Crippen molar-refractivity contribution in [3.05, 3.63) is 28.8 Å². The molecule has 5 nitrogen and oxygen atoms in total. The number of carbonyl (C=O) groups is 2. The normalized spacial score (nSPS) is 13.8. The maximum Gasteiger partial charge on any atom is 0.335 e. The molecule has 1 aliphatic carbocycles. The molecule has 1 aliphatic rings. The van der Waals surface area contributed by atoms with Gasteiger partial charge in [-0.1, -0.05) is 18.5 Å². The second-order valence-electron chi connectivity index (χ2n) is 5.32. The van der Waals surface area contributed by atoms with Crippen LogP contribution >= 0.6 is 11.6 Å². The van der Waals surface area contributed by atoms with Crippen LogP contribution in [0, 0.1) is 5.92 Å². The van der Waals surface area contributed by atoms with Crippen LogP contribution in [0.3, 0.4) is 0 Å². The van der Waals surface area contributed by atoms with E-state index in [4.69, 9.17) is 16.7 Å². The lowest BCUT2D eigenvalue weighted by molar-refractivity contribution is 0.0697. The average molecular weight is 311 g/mol. The Hall–Kier alpha value is -1.75. The molecule has 1 fully saturated rings. The van der Waals surface area contributed by atoms with E-state index < -0.39 is 5.97 Å². The zero-order valence-corrected chi connectivity index (χ0v) is 12.7. The molecule has 0 aromatic heterocycles. The second-order valence-corrected chi connectivity index (χ2v) is 5.73. The molecule has 2 rings (SSSR count). The van der Waals surface area contributed by atoms with Gasteiger partial charge in [-0.25, -0.2) is 9.59 Å². The minimum atomic E-state index is -1.05. The van der Waals surface area contributed by atoms with Crippen LogP contribution in [0.1, 0.15) is 36.5 Å². The van der Waals surface area contributed by atoms with Crippen LogP contribution in [0.15, 0.2) is 18.2 Å². The molecular formula is C15H19ClN2O3. The molecule has 114 valence electrons. The van der Waals surface area contributed by atoms with E-state index in [1.165, 1.54) is 31.0 Å². The first-order chi connectivity index (χ1) is 10.0. The van der Waals surface area contributed by atoms with E-state index in [0.717, 1.165) is 13.0 Å². The lowest BCUT2D eigenvalue weighted by Crippen LogP contribution is -2.37. The average Bonchev–Trinajstić information content (AvgIpc) is 3.24. The third kappa shape index (κ3) is 4.36. The summed E-state index contributed by atoms with van der Waals surface area (Å²) in [6.07, 6.45) is 3.22. The SMILES string of the molecule is CCCN(CC1CC1)C(=O)Nc1cc(C(=O)O)ccc1Cl. The van der Waals surface area contributed by atoms with E-state index >= 15 is 0 Å². The summed E-state index contributed by atoms with van der Waals surface area (Å²) in [4.78, 5) is 25.0. The zero-order chi connectivity index (χ0) is 15.4. The highest BCUT2D eigenvalue weighted by molar-refractivity contribution is 6.33. The number of hydrogen-bond acceptors (Lipinski definition) is 2. The van der Waals surface area contributed by atoms with E-state index in [0.29, 0.717) is 23.2 Å². The van der Waals surface area contributed by atoms with Crippen molar-refractivity contribution in [2.75, 3.05) is 18.4 Å². The molecule has 0 spiro atoms. The van der Waals surface area contributed by atoms with Crippen LogP contribution in [0.25, 0.3) is 0 Å². The molecule has 2 N–H and O–H groups in total. The number of carboxylic acid groups (broad SMARTS) is 1. The highest BCUT2D eigenvalue weighted by Gasteiger charge is 2.26. The Labute approximate surface area is 128 Å². The molecule has 6 heteroatoms. The molecule has 1 aromatic rings. The monoisotopic (exact) mass is 310 g/mol. The van der Waals surface area contributed by atoms with Gasteiger partial charge in [0, 0.05) is 13.1 Å². The Kier molecular flexibility index (Phi) is 5.07. The Morgan fingerprint density at radius 1 is 1.43 bits per heavy atom. The molecule has 0 atom stereocenters. The summed E-state index contributed by atoms with van der Waals surface area (Å²) in [6, 6.07) is 4.04. The van der Waals surface area contributed by atoms with E-state index in [-0.39, 0.29) is 11.6 Å². The molecule has 0 heterocycles. The van der Waals surface area contributed by atoms with Gasteiger partial charge in [0.25, 0.3) is 0 Å². The fourth-order valence-electron chi connectivity index (χ4n) is 2.11. The third-order valence-corrected chi connectivity index (χ3v) is 3.74. The van der Waals surface area contributed by atoms with Crippen molar-refractivity contribution in [2.45, 2.75) is 26.2 Å². The van der Waals surface area contributed by atoms with Crippen LogP contribution in [0.2, 0.25) is 5.02 Å². The van der Waals surface area contributed by atoms with Gasteiger partial charge in [0.05, 0.1) is 16.3 Å². The van der Waals surface area contributed by atoms with Gasteiger partial charge >= 0.3 is 12.0 Å². The fraction of sp³-hybridized carbons (Fsp3) is 0.467. The van der Waals surface area contributed by atoms with E-state index in [1.807, 2.05) is 6.92 Å². The Morgan fingerprint density at radius 3 is 2.71 bits per heavy atom. The fourth-order valence-corrected chi connectivity index (χ4v) is 2.27. The van der Waals surface area contributed by atoms with Crippen molar-refractivity contribution in [2.24, 2.45) is 5.92 Å². The number of urea groups is 1. The van der Waals surface area contributed by atoms with Gasteiger partial charge in [-0.2, -0.15) is 0 Å². The predicted molar refractivity (Wildman–Crippen MR) is 82.0 cm³/mol. The summed E-state index contributed by atoms with van der Waals surface area (Å²) >= 11 is 6.02. The number of benzene rings is 1. The summed E-state index contributed by atoms with van der Waals surface area (Å²) < 4.78 is 0. The second kappa shape index (κ2) is 6.80. The van der Waals surface area contributed by atoms with E-state index in [2.05, 4.69) is 5.32 Å². The Bertz CT molecular complexity index is 544. The number of aromatic carboxylic acids is 1. The molecule has 0 radical (unpaired) electrons. The van der Waals surface area contributed by atoms with Crippen molar-refractivity contribution in [3.8, 4) is 0 Å². The third-order valence-electron chi connectivity index (χ3n) is 3.41. The molecule has 0 bridgehead atoms. The number of carboxylic acids is 1. The topological polar surface area (TPSA) is 69.6 Å². The van der Waals surface area contributed by atoms with Gasteiger partial charge in [0.2, 0.25) is 0 Å². The minimum Gasteiger partial charge on any atom is -0.478 e. The van der Waals surface area contributed by atoms with Crippen LogP contribution in [-0.4, -0.2) is 35.1 Å². The number of rotatable bonds is 6. The van der Waals surface area contributed by atoms with E-state index in [9.17, 15) is 9.59 Å². The summed E-state index contributed by atoms with van der Waals surface area (Å²) in [5, 5.41) is 12.0. The number of carbonyl (C=O) groups excluding carboxylic acids is 1. The summed E-state index contributed by atoms with van der Waals surface area (Å²) in [5.41, 5.74) is 0.428. The van der Waals surface area contributed by atoms with Gasteiger partial charge in [-0.05, 0) is 43.4 Å². The molecule has 21 heavy (non-hydrogen) atoms. The number of anilines is 1. The van der Waals surface area contributed by atoms with Gasteiger partial charge in [0.1, 0.15) is 0 Å². The van der Waals surface area contributed by atoms with Gasteiger partial charge < -0.3 is 15.3 Å². The number of amides is 2. The number of hydrogen-bond donors (Lipinski definition) is 2. The number of nitrogens with one attached hydrogen (secondary N) is 1. The molecule has 0 saturated heterocycles. The van der Waals surface area contributed by atoms with Crippen molar-refractivity contribution in [1.29, 1.82) is 0 Å². The molecule has 0 aliphatic heterocycles. The lowest BCUT2D eigenvalue weighted by Gasteiger charge is -2.22. The summed E-state index contributed by atoms with van der Waals surface area (Å²) in [6.45, 7) is 3.44. The van der Waals surface area contributed by atoms with Crippen molar-refractivity contribution >= 4 is 29.3 Å². The largest absolute Gasteiger partial charge is 0.478 e. The Balaban J connectivity index is 2.09. The summed E-state index contributed by atoms with van der Waals surface area (Å²) in [7, 11) is 0. The number of nitrogens with zero attached hydrogens (tertiary/aromatic N) is 1. The highest BCUT2D eigenvalue weighted by Crippen LogP contribution is 2.30. The highest BCUT2D eigenvalue weighted by atomic mass is 35.5. The van der Waals surface area contributed by atoms with Crippen molar-refractivity contribution in [3.63, 3.8) is 0 Å².